The lowest BCUT2D eigenvalue weighted by molar-refractivity contribution is 1.12. The summed E-state index contributed by atoms with van der Waals surface area (Å²) in [6, 6.07) is 15.5. The molecule has 2 aromatic carbocycles. The fourth-order valence-corrected chi connectivity index (χ4v) is 2.80. The topological polar surface area (TPSA) is 51.8 Å². The lowest BCUT2D eigenvalue weighted by Gasteiger charge is -2.06. The van der Waals surface area contributed by atoms with Crippen LogP contribution in [-0.4, -0.2) is 9.97 Å². The van der Waals surface area contributed by atoms with Gasteiger partial charge in [0, 0.05) is 15.3 Å². The van der Waals surface area contributed by atoms with Crippen LogP contribution in [0.25, 0.3) is 10.9 Å². The van der Waals surface area contributed by atoms with Crippen molar-refractivity contribution in [1.29, 1.82) is 0 Å². The van der Waals surface area contributed by atoms with E-state index in [1.54, 1.807) is 11.8 Å². The van der Waals surface area contributed by atoms with E-state index >= 15 is 0 Å². The van der Waals surface area contributed by atoms with Crippen molar-refractivity contribution in [1.82, 2.24) is 9.97 Å². The second kappa shape index (κ2) is 5.07. The molecule has 0 aliphatic heterocycles. The van der Waals surface area contributed by atoms with Crippen molar-refractivity contribution < 1.29 is 0 Å². The lowest BCUT2D eigenvalue weighted by Crippen LogP contribution is -1.96. The maximum Gasteiger partial charge on any atom is 0.221 e. The largest absolute Gasteiger partial charge is 0.368 e. The number of fused-ring (bicyclic) bond motifs is 1. The van der Waals surface area contributed by atoms with Gasteiger partial charge in [0.1, 0.15) is 5.03 Å². The number of nitrogens with zero attached hydrogens (tertiary/aromatic N) is 2. The van der Waals surface area contributed by atoms with Gasteiger partial charge in [-0.1, -0.05) is 41.6 Å². The number of anilines is 1. The van der Waals surface area contributed by atoms with Crippen molar-refractivity contribution in [3.8, 4) is 0 Å². The fraction of sp³-hybridized carbons (Fsp3) is 0. The fourth-order valence-electron chi connectivity index (χ4n) is 1.76. The molecule has 0 amide bonds. The highest BCUT2D eigenvalue weighted by atomic mass is 35.5. The molecule has 5 heteroatoms. The van der Waals surface area contributed by atoms with Crippen molar-refractivity contribution in [3.63, 3.8) is 0 Å². The number of hydrogen-bond acceptors (Lipinski definition) is 4. The average molecular weight is 288 g/mol. The van der Waals surface area contributed by atoms with Crippen LogP contribution < -0.4 is 5.73 Å². The number of nitrogens with two attached hydrogens (primary N) is 1. The van der Waals surface area contributed by atoms with Gasteiger partial charge < -0.3 is 5.73 Å². The summed E-state index contributed by atoms with van der Waals surface area (Å²) in [5.41, 5.74) is 6.60. The summed E-state index contributed by atoms with van der Waals surface area (Å²) in [7, 11) is 0. The first-order valence-electron chi connectivity index (χ1n) is 5.68. The predicted molar refractivity (Wildman–Crippen MR) is 79.5 cm³/mol. The van der Waals surface area contributed by atoms with E-state index in [2.05, 4.69) is 9.97 Å². The van der Waals surface area contributed by atoms with E-state index in [0.29, 0.717) is 0 Å². The minimum absolute atomic E-state index is 0.287. The molecule has 3 aromatic rings. The van der Waals surface area contributed by atoms with Gasteiger partial charge >= 0.3 is 0 Å². The Balaban J connectivity index is 2.07. The van der Waals surface area contributed by atoms with Gasteiger partial charge in [0.25, 0.3) is 0 Å². The van der Waals surface area contributed by atoms with Gasteiger partial charge in [-0.3, -0.25) is 0 Å². The predicted octanol–water partition coefficient (Wildman–Crippen LogP) is 4.02. The van der Waals surface area contributed by atoms with Crippen molar-refractivity contribution in [2.45, 2.75) is 9.92 Å². The van der Waals surface area contributed by atoms with Gasteiger partial charge in [0.15, 0.2) is 0 Å². The molecule has 0 fully saturated rings. The summed E-state index contributed by atoms with van der Waals surface area (Å²) in [4.78, 5) is 9.60. The molecule has 0 bridgehead atoms. The number of benzene rings is 2. The van der Waals surface area contributed by atoms with Crippen molar-refractivity contribution in [2.24, 2.45) is 0 Å². The zero-order valence-corrected chi connectivity index (χ0v) is 11.4. The van der Waals surface area contributed by atoms with Crippen molar-refractivity contribution >= 4 is 40.2 Å². The molecule has 1 heterocycles. The number of halogens is 1. The van der Waals surface area contributed by atoms with E-state index in [-0.39, 0.29) is 5.95 Å². The van der Waals surface area contributed by atoms with Gasteiger partial charge in [-0.2, -0.15) is 0 Å². The zero-order chi connectivity index (χ0) is 13.2. The van der Waals surface area contributed by atoms with Crippen LogP contribution in [0.5, 0.6) is 0 Å². The van der Waals surface area contributed by atoms with Crippen LogP contribution in [-0.2, 0) is 0 Å². The number of rotatable bonds is 2. The minimum Gasteiger partial charge on any atom is -0.368 e. The Kier molecular flexibility index (Phi) is 3.27. The summed E-state index contributed by atoms with van der Waals surface area (Å²) in [5, 5.41) is 2.57. The monoisotopic (exact) mass is 287 g/mol. The maximum atomic E-state index is 5.88. The summed E-state index contributed by atoms with van der Waals surface area (Å²) in [6.07, 6.45) is 0. The molecule has 0 saturated heterocycles. The Morgan fingerprint density at radius 2 is 1.68 bits per heavy atom. The third-order valence-corrected chi connectivity index (χ3v) is 3.88. The molecule has 0 aliphatic carbocycles. The van der Waals surface area contributed by atoms with E-state index in [1.807, 2.05) is 48.5 Å². The van der Waals surface area contributed by atoms with Crippen LogP contribution in [0.2, 0.25) is 5.02 Å². The number of para-hydroxylation sites is 1. The SMILES string of the molecule is Nc1nc(Sc2ccc(Cl)cc2)c2ccccc2n1. The highest BCUT2D eigenvalue weighted by Gasteiger charge is 2.07. The first-order chi connectivity index (χ1) is 9.22. The van der Waals surface area contributed by atoms with Gasteiger partial charge in [0.05, 0.1) is 5.52 Å². The van der Waals surface area contributed by atoms with Gasteiger partial charge in [0.2, 0.25) is 5.95 Å². The summed E-state index contributed by atoms with van der Waals surface area (Å²) in [6.45, 7) is 0. The zero-order valence-electron chi connectivity index (χ0n) is 9.88. The Hall–Kier alpha value is -1.78. The molecule has 3 rings (SSSR count). The van der Waals surface area contributed by atoms with Crippen LogP contribution in [0.1, 0.15) is 0 Å². The lowest BCUT2D eigenvalue weighted by atomic mass is 10.2. The number of aromatic nitrogens is 2. The molecule has 0 atom stereocenters. The van der Waals surface area contributed by atoms with E-state index < -0.39 is 0 Å². The quantitative estimate of drug-likeness (QED) is 0.723. The van der Waals surface area contributed by atoms with E-state index in [9.17, 15) is 0 Å². The Morgan fingerprint density at radius 3 is 2.47 bits per heavy atom. The molecule has 2 N–H and O–H groups in total. The molecule has 0 unspecified atom stereocenters. The smallest absolute Gasteiger partial charge is 0.221 e. The molecule has 19 heavy (non-hydrogen) atoms. The molecule has 94 valence electrons. The van der Waals surface area contributed by atoms with E-state index in [4.69, 9.17) is 17.3 Å². The third kappa shape index (κ3) is 2.64. The molecular formula is C14H10ClN3S. The Labute approximate surface area is 119 Å². The summed E-state index contributed by atoms with van der Waals surface area (Å²) in [5.74, 6) is 0.287. The van der Waals surface area contributed by atoms with Crippen LogP contribution in [0.3, 0.4) is 0 Å². The molecule has 0 saturated carbocycles. The summed E-state index contributed by atoms with van der Waals surface area (Å²) < 4.78 is 0. The van der Waals surface area contributed by atoms with Crippen molar-refractivity contribution in [2.75, 3.05) is 5.73 Å². The van der Waals surface area contributed by atoms with Crippen LogP contribution in [0.4, 0.5) is 5.95 Å². The Bertz CT molecular complexity index is 728. The maximum absolute atomic E-state index is 5.88. The molecule has 3 nitrogen and oxygen atoms in total. The van der Waals surface area contributed by atoms with Gasteiger partial charge in [-0.25, -0.2) is 9.97 Å². The highest BCUT2D eigenvalue weighted by molar-refractivity contribution is 7.99. The molecular weight excluding hydrogens is 278 g/mol. The van der Waals surface area contributed by atoms with Crippen LogP contribution in [0.15, 0.2) is 58.5 Å². The standard InChI is InChI=1S/C14H10ClN3S/c15-9-5-7-10(8-6-9)19-13-11-3-1-2-4-12(11)17-14(16)18-13/h1-8H,(H2,16,17,18). The van der Waals surface area contributed by atoms with E-state index in [0.717, 1.165) is 25.8 Å². The number of hydrogen-bond donors (Lipinski definition) is 1. The number of nitrogen functional groups attached to an aromatic ring is 1. The third-order valence-electron chi connectivity index (χ3n) is 2.61. The first-order valence-corrected chi connectivity index (χ1v) is 6.87. The molecule has 1 aromatic heterocycles. The first kappa shape index (κ1) is 12.3. The van der Waals surface area contributed by atoms with Crippen molar-refractivity contribution in [3.05, 3.63) is 53.6 Å². The highest BCUT2D eigenvalue weighted by Crippen LogP contribution is 2.32. The summed E-state index contributed by atoms with van der Waals surface area (Å²) >= 11 is 7.43. The van der Waals surface area contributed by atoms with Crippen LogP contribution >= 0.6 is 23.4 Å². The Morgan fingerprint density at radius 1 is 0.947 bits per heavy atom. The second-order valence-corrected chi connectivity index (χ2v) is 5.46. The van der Waals surface area contributed by atoms with Gasteiger partial charge in [-0.15, -0.1) is 0 Å². The molecule has 0 spiro atoms. The minimum atomic E-state index is 0.287. The van der Waals surface area contributed by atoms with Crippen LogP contribution in [0, 0.1) is 0 Å². The van der Waals surface area contributed by atoms with Gasteiger partial charge in [-0.05, 0) is 30.3 Å². The second-order valence-electron chi connectivity index (χ2n) is 3.96. The average Bonchev–Trinajstić information content (AvgIpc) is 2.41. The molecule has 0 radical (unpaired) electrons. The normalized spacial score (nSPS) is 10.8. The molecule has 0 aliphatic rings. The van der Waals surface area contributed by atoms with E-state index in [1.165, 1.54) is 0 Å².